The van der Waals surface area contributed by atoms with Gasteiger partial charge in [-0.3, -0.25) is 4.90 Å². The van der Waals surface area contributed by atoms with Crippen molar-refractivity contribution in [2.75, 3.05) is 39.2 Å². The van der Waals surface area contributed by atoms with E-state index in [0.717, 1.165) is 54.8 Å². The third kappa shape index (κ3) is 4.95. The molecule has 0 radical (unpaired) electrons. The fourth-order valence-electron chi connectivity index (χ4n) is 3.95. The van der Waals surface area contributed by atoms with Gasteiger partial charge in [-0.15, -0.1) is 0 Å². The molecule has 1 aromatic heterocycles. The van der Waals surface area contributed by atoms with Crippen LogP contribution >= 0.6 is 0 Å². The van der Waals surface area contributed by atoms with Crippen molar-refractivity contribution in [2.24, 2.45) is 0 Å². The largest absolute Gasteiger partial charge is 0.397 e. The van der Waals surface area contributed by atoms with Gasteiger partial charge in [-0.05, 0) is 42.3 Å². The SMILES string of the molecule is CC(C)c1ccc(S(=O)(=O)COn2cc(CN3CCN(C)CC3)c3ccccc32)cc1. The van der Waals surface area contributed by atoms with Gasteiger partial charge in [0.2, 0.25) is 15.8 Å². The molecule has 4 rings (SSSR count). The Balaban J connectivity index is 1.51. The smallest absolute Gasteiger partial charge is 0.219 e. The zero-order valence-corrected chi connectivity index (χ0v) is 19.3. The third-order valence-corrected chi connectivity index (χ3v) is 7.41. The maximum Gasteiger partial charge on any atom is 0.219 e. The van der Waals surface area contributed by atoms with Crippen LogP contribution in [0, 0.1) is 0 Å². The van der Waals surface area contributed by atoms with Gasteiger partial charge in [0.15, 0.2) is 0 Å². The summed E-state index contributed by atoms with van der Waals surface area (Å²) in [6.45, 7) is 9.17. The number of aromatic nitrogens is 1. The summed E-state index contributed by atoms with van der Waals surface area (Å²) in [6, 6.07) is 15.1. The Morgan fingerprint density at radius 1 is 0.968 bits per heavy atom. The van der Waals surface area contributed by atoms with Gasteiger partial charge in [0.1, 0.15) is 0 Å². The maximum absolute atomic E-state index is 12.8. The normalized spacial score (nSPS) is 16.3. The molecule has 0 aliphatic carbocycles. The molecular weight excluding hydrogens is 410 g/mol. The van der Waals surface area contributed by atoms with Crippen LogP contribution in [0.1, 0.15) is 30.9 Å². The highest BCUT2D eigenvalue weighted by Gasteiger charge is 2.19. The van der Waals surface area contributed by atoms with Crippen LogP contribution in [0.15, 0.2) is 59.6 Å². The average molecular weight is 442 g/mol. The van der Waals surface area contributed by atoms with Crippen LogP contribution in [-0.4, -0.2) is 62.1 Å². The van der Waals surface area contributed by atoms with Crippen LogP contribution in [0.25, 0.3) is 10.9 Å². The van der Waals surface area contributed by atoms with Gasteiger partial charge in [-0.2, -0.15) is 4.73 Å². The minimum atomic E-state index is -3.55. The Kier molecular flexibility index (Phi) is 6.36. The Morgan fingerprint density at radius 3 is 2.32 bits per heavy atom. The van der Waals surface area contributed by atoms with Gasteiger partial charge in [-0.1, -0.05) is 44.2 Å². The Bertz CT molecular complexity index is 1130. The predicted molar refractivity (Wildman–Crippen MR) is 124 cm³/mol. The standard InChI is InChI=1S/C24H31N3O3S/c1-19(2)20-8-10-22(11-9-20)31(28,29)18-30-27-17-21(23-6-4-5-7-24(23)27)16-26-14-12-25(3)13-15-26/h4-11,17,19H,12-16,18H2,1-3H3. The summed E-state index contributed by atoms with van der Waals surface area (Å²) in [5.74, 6) is -0.0429. The molecule has 3 aromatic rings. The number of nitrogens with zero attached hydrogens (tertiary/aromatic N) is 3. The predicted octanol–water partition coefficient (Wildman–Crippen LogP) is 3.37. The summed E-state index contributed by atoms with van der Waals surface area (Å²) in [4.78, 5) is 10.9. The average Bonchev–Trinajstić information content (AvgIpc) is 3.12. The van der Waals surface area contributed by atoms with Crippen molar-refractivity contribution in [2.45, 2.75) is 31.2 Å². The van der Waals surface area contributed by atoms with Crippen LogP contribution in [0.3, 0.4) is 0 Å². The lowest BCUT2D eigenvalue weighted by molar-refractivity contribution is 0.145. The summed E-state index contributed by atoms with van der Waals surface area (Å²) in [7, 11) is -1.41. The zero-order valence-electron chi connectivity index (χ0n) is 18.5. The van der Waals surface area contributed by atoms with Gasteiger partial charge in [0.25, 0.3) is 0 Å². The van der Waals surface area contributed by atoms with Gasteiger partial charge >= 0.3 is 0 Å². The number of likely N-dealkylation sites (N-methyl/N-ethyl adjacent to an activating group) is 1. The molecule has 1 saturated heterocycles. The van der Waals surface area contributed by atoms with Gasteiger partial charge in [-0.25, -0.2) is 8.42 Å². The molecule has 6 nitrogen and oxygen atoms in total. The monoisotopic (exact) mass is 441 g/mol. The fraction of sp³-hybridized carbons (Fsp3) is 0.417. The molecule has 1 fully saturated rings. The fourth-order valence-corrected chi connectivity index (χ4v) is 4.89. The first-order valence-corrected chi connectivity index (χ1v) is 12.4. The highest BCUT2D eigenvalue weighted by molar-refractivity contribution is 7.91. The molecule has 0 N–H and O–H groups in total. The van der Waals surface area contributed by atoms with Crippen molar-refractivity contribution in [1.82, 2.24) is 14.5 Å². The number of piperazine rings is 1. The number of hydrogen-bond acceptors (Lipinski definition) is 5. The lowest BCUT2D eigenvalue weighted by atomic mass is 10.0. The van der Waals surface area contributed by atoms with Crippen molar-refractivity contribution < 1.29 is 13.3 Å². The second kappa shape index (κ2) is 9.02. The number of benzene rings is 2. The summed E-state index contributed by atoms with van der Waals surface area (Å²) in [5.41, 5.74) is 3.15. The second-order valence-electron chi connectivity index (χ2n) is 8.66. The van der Waals surface area contributed by atoms with Gasteiger partial charge in [0.05, 0.1) is 10.4 Å². The molecule has 0 unspecified atom stereocenters. The topological polar surface area (TPSA) is 54.8 Å². The molecule has 166 valence electrons. The molecule has 1 aliphatic rings. The van der Waals surface area contributed by atoms with E-state index in [4.69, 9.17) is 4.84 Å². The number of rotatable bonds is 7. The van der Waals surface area contributed by atoms with E-state index in [2.05, 4.69) is 36.8 Å². The van der Waals surface area contributed by atoms with Crippen molar-refractivity contribution in [3.05, 3.63) is 65.9 Å². The maximum atomic E-state index is 12.8. The molecule has 2 heterocycles. The molecule has 0 spiro atoms. The number of sulfone groups is 1. The third-order valence-electron chi connectivity index (χ3n) is 6.00. The second-order valence-corrected chi connectivity index (χ2v) is 10.6. The minimum absolute atomic E-state index is 0.283. The van der Waals surface area contributed by atoms with E-state index in [0.29, 0.717) is 5.92 Å². The van der Waals surface area contributed by atoms with Gasteiger partial charge in [0, 0.05) is 44.3 Å². The van der Waals surface area contributed by atoms with E-state index in [-0.39, 0.29) is 4.90 Å². The summed E-state index contributed by atoms with van der Waals surface area (Å²) in [6.07, 6.45) is 1.93. The Morgan fingerprint density at radius 2 is 1.65 bits per heavy atom. The minimum Gasteiger partial charge on any atom is -0.397 e. The van der Waals surface area contributed by atoms with E-state index in [9.17, 15) is 8.42 Å². The van der Waals surface area contributed by atoms with E-state index in [1.807, 2.05) is 36.5 Å². The van der Waals surface area contributed by atoms with Crippen LogP contribution in [0.4, 0.5) is 0 Å². The number of fused-ring (bicyclic) bond motifs is 1. The quantitative estimate of drug-likeness (QED) is 0.563. The molecular formula is C24H31N3O3S. The summed E-state index contributed by atoms with van der Waals surface area (Å²) >= 11 is 0. The first kappa shape index (κ1) is 21.9. The van der Waals surface area contributed by atoms with E-state index in [1.165, 1.54) is 0 Å². The lowest BCUT2D eigenvalue weighted by Crippen LogP contribution is -2.43. The molecule has 7 heteroatoms. The Hall–Kier alpha value is -2.35. The molecule has 31 heavy (non-hydrogen) atoms. The van der Waals surface area contributed by atoms with Crippen LogP contribution in [0.5, 0.6) is 0 Å². The number of para-hydroxylation sites is 1. The molecule has 0 bridgehead atoms. The first-order chi connectivity index (χ1) is 14.8. The van der Waals surface area contributed by atoms with E-state index < -0.39 is 15.8 Å². The lowest BCUT2D eigenvalue weighted by Gasteiger charge is -2.32. The molecule has 0 amide bonds. The van der Waals surface area contributed by atoms with Crippen LogP contribution < -0.4 is 4.84 Å². The van der Waals surface area contributed by atoms with Crippen molar-refractivity contribution in [3.63, 3.8) is 0 Å². The van der Waals surface area contributed by atoms with Gasteiger partial charge < -0.3 is 9.74 Å². The molecule has 2 aromatic carbocycles. The van der Waals surface area contributed by atoms with Crippen molar-refractivity contribution >= 4 is 20.7 Å². The van der Waals surface area contributed by atoms with E-state index >= 15 is 0 Å². The van der Waals surface area contributed by atoms with Crippen molar-refractivity contribution in [3.8, 4) is 0 Å². The molecule has 0 atom stereocenters. The number of hydrogen-bond donors (Lipinski definition) is 0. The van der Waals surface area contributed by atoms with E-state index in [1.54, 1.807) is 16.9 Å². The summed E-state index contributed by atoms with van der Waals surface area (Å²) in [5, 5.41) is 1.10. The van der Waals surface area contributed by atoms with Crippen molar-refractivity contribution in [1.29, 1.82) is 0 Å². The van der Waals surface area contributed by atoms with Crippen LogP contribution in [-0.2, 0) is 16.4 Å². The molecule has 1 aliphatic heterocycles. The van der Waals surface area contributed by atoms with Crippen LogP contribution in [0.2, 0.25) is 0 Å². The highest BCUT2D eigenvalue weighted by atomic mass is 32.2. The zero-order chi connectivity index (χ0) is 22.0. The summed E-state index contributed by atoms with van der Waals surface area (Å²) < 4.78 is 27.3. The Labute approximate surface area is 184 Å². The highest BCUT2D eigenvalue weighted by Crippen LogP contribution is 2.23. The molecule has 0 saturated carbocycles. The first-order valence-electron chi connectivity index (χ1n) is 10.8.